The van der Waals surface area contributed by atoms with E-state index in [9.17, 15) is 22.8 Å². The second-order valence-corrected chi connectivity index (χ2v) is 5.03. The average molecular weight is 342 g/mol. The van der Waals surface area contributed by atoms with E-state index in [1.165, 1.54) is 26.1 Å². The first-order valence-corrected chi connectivity index (χ1v) is 6.71. The number of carboxylic acid groups (broad SMARTS) is 1. The lowest BCUT2D eigenvalue weighted by Crippen LogP contribution is -2.40. The number of carbonyl (C=O) groups is 2. The highest BCUT2D eigenvalue weighted by Crippen LogP contribution is 2.30. The third-order valence-electron chi connectivity index (χ3n) is 3.41. The number of carbonyl (C=O) groups excluding carboxylic acids is 1. The zero-order chi connectivity index (χ0) is 18.1. The zero-order valence-corrected chi connectivity index (χ0v) is 12.7. The number of hydrogen-bond acceptors (Lipinski definition) is 4. The second kappa shape index (κ2) is 6.30. The smallest absolute Gasteiger partial charge is 0.416 e. The molecule has 1 unspecified atom stereocenters. The van der Waals surface area contributed by atoms with E-state index in [2.05, 4.69) is 10.3 Å². The zero-order valence-electron chi connectivity index (χ0n) is 12.7. The number of hydrogen-bond donors (Lipinski definition) is 1. The predicted molar refractivity (Wildman–Crippen MR) is 75.6 cm³/mol. The maximum Gasteiger partial charge on any atom is 0.416 e. The van der Waals surface area contributed by atoms with Crippen LogP contribution in [-0.4, -0.2) is 50.0 Å². The first-order valence-electron chi connectivity index (χ1n) is 6.71. The molecule has 0 saturated carbocycles. The maximum atomic E-state index is 12.7. The van der Waals surface area contributed by atoms with Gasteiger partial charge in [-0.3, -0.25) is 4.79 Å². The highest BCUT2D eigenvalue weighted by atomic mass is 19.4. The normalized spacial score (nSPS) is 12.7. The van der Waals surface area contributed by atoms with E-state index in [1.807, 2.05) is 0 Å². The minimum absolute atomic E-state index is 0.0744. The molecule has 0 spiro atoms. The van der Waals surface area contributed by atoms with Crippen LogP contribution in [-0.2, 0) is 11.0 Å². The van der Waals surface area contributed by atoms with Gasteiger partial charge in [0.05, 0.1) is 17.4 Å². The predicted octanol–water partition coefficient (Wildman–Crippen LogP) is 1.83. The van der Waals surface area contributed by atoms with E-state index >= 15 is 0 Å². The SMILES string of the molecule is CC(C(=O)O)N(C)C(=O)c1cn(-c2cccc(C(F)(F)F)c2)nn1. The second-order valence-electron chi connectivity index (χ2n) is 5.03. The molecule has 0 aliphatic rings. The molecular weight excluding hydrogens is 329 g/mol. The van der Waals surface area contributed by atoms with Crippen LogP contribution in [0.2, 0.25) is 0 Å². The quantitative estimate of drug-likeness (QED) is 0.916. The van der Waals surface area contributed by atoms with Crippen LogP contribution in [0.15, 0.2) is 30.5 Å². The van der Waals surface area contributed by atoms with Crippen molar-refractivity contribution in [3.8, 4) is 5.69 Å². The minimum atomic E-state index is -4.51. The summed E-state index contributed by atoms with van der Waals surface area (Å²) in [5, 5.41) is 16.1. The highest BCUT2D eigenvalue weighted by molar-refractivity contribution is 5.94. The van der Waals surface area contributed by atoms with Gasteiger partial charge in [-0.15, -0.1) is 5.10 Å². The summed E-state index contributed by atoms with van der Waals surface area (Å²) in [7, 11) is 1.28. The molecule has 0 aliphatic carbocycles. The van der Waals surface area contributed by atoms with E-state index < -0.39 is 29.7 Å². The summed E-state index contributed by atoms with van der Waals surface area (Å²) in [6.45, 7) is 1.32. The fourth-order valence-corrected chi connectivity index (χ4v) is 1.83. The van der Waals surface area contributed by atoms with Gasteiger partial charge in [0.1, 0.15) is 6.04 Å². The van der Waals surface area contributed by atoms with Crippen molar-refractivity contribution >= 4 is 11.9 Å². The van der Waals surface area contributed by atoms with E-state index in [0.29, 0.717) is 0 Å². The number of amides is 1. The Bertz CT molecular complexity index is 773. The molecule has 0 aliphatic heterocycles. The number of rotatable bonds is 4. The molecule has 0 saturated heterocycles. The summed E-state index contributed by atoms with van der Waals surface area (Å²) in [4.78, 5) is 24.0. The van der Waals surface area contributed by atoms with Gasteiger partial charge in [0.25, 0.3) is 5.91 Å². The van der Waals surface area contributed by atoms with E-state index in [1.54, 1.807) is 0 Å². The number of likely N-dealkylation sites (N-methyl/N-ethyl adjacent to an activating group) is 1. The first kappa shape index (κ1) is 17.4. The number of halogens is 3. The van der Waals surface area contributed by atoms with Gasteiger partial charge < -0.3 is 10.0 Å². The van der Waals surface area contributed by atoms with Gasteiger partial charge in [0.15, 0.2) is 5.69 Å². The molecule has 0 fully saturated rings. The highest BCUT2D eigenvalue weighted by Gasteiger charge is 2.31. The van der Waals surface area contributed by atoms with Crippen LogP contribution in [0.5, 0.6) is 0 Å². The van der Waals surface area contributed by atoms with Crippen LogP contribution in [0.4, 0.5) is 13.2 Å². The van der Waals surface area contributed by atoms with E-state index in [4.69, 9.17) is 5.11 Å². The number of aromatic nitrogens is 3. The average Bonchev–Trinajstić information content (AvgIpc) is 3.02. The number of aliphatic carboxylic acids is 1. The Morgan fingerprint density at radius 2 is 2.00 bits per heavy atom. The lowest BCUT2D eigenvalue weighted by atomic mass is 10.2. The van der Waals surface area contributed by atoms with Crippen molar-refractivity contribution in [1.82, 2.24) is 19.9 Å². The van der Waals surface area contributed by atoms with Gasteiger partial charge in [-0.05, 0) is 25.1 Å². The number of nitrogens with zero attached hydrogens (tertiary/aromatic N) is 4. The molecule has 7 nitrogen and oxygen atoms in total. The molecule has 2 rings (SSSR count). The summed E-state index contributed by atoms with van der Waals surface area (Å²) in [5.74, 6) is -1.90. The van der Waals surface area contributed by atoms with Crippen LogP contribution in [0.1, 0.15) is 23.0 Å². The van der Waals surface area contributed by atoms with Crippen molar-refractivity contribution < 1.29 is 27.9 Å². The van der Waals surface area contributed by atoms with Crippen molar-refractivity contribution in [2.24, 2.45) is 0 Å². The van der Waals surface area contributed by atoms with Gasteiger partial charge in [-0.25, -0.2) is 9.48 Å². The van der Waals surface area contributed by atoms with Gasteiger partial charge in [-0.2, -0.15) is 13.2 Å². The fourth-order valence-electron chi connectivity index (χ4n) is 1.83. The lowest BCUT2D eigenvalue weighted by Gasteiger charge is -2.19. The molecule has 24 heavy (non-hydrogen) atoms. The molecular formula is C14H13F3N4O3. The molecule has 10 heteroatoms. The van der Waals surface area contributed by atoms with Gasteiger partial charge >= 0.3 is 12.1 Å². The molecule has 1 atom stereocenters. The van der Waals surface area contributed by atoms with Crippen molar-refractivity contribution in [1.29, 1.82) is 0 Å². The molecule has 2 aromatic rings. The molecule has 0 bridgehead atoms. The van der Waals surface area contributed by atoms with E-state index in [-0.39, 0.29) is 11.4 Å². The summed E-state index contributed by atoms with van der Waals surface area (Å²) < 4.78 is 39.2. The number of alkyl halides is 3. The largest absolute Gasteiger partial charge is 0.480 e. The Kier molecular flexibility index (Phi) is 4.58. The Hall–Kier alpha value is -2.91. The molecule has 1 aromatic heterocycles. The molecule has 128 valence electrons. The molecule has 1 amide bonds. The van der Waals surface area contributed by atoms with Gasteiger partial charge in [0, 0.05) is 7.05 Å². The third-order valence-corrected chi connectivity index (χ3v) is 3.41. The van der Waals surface area contributed by atoms with Crippen LogP contribution in [0, 0.1) is 0 Å². The third kappa shape index (κ3) is 3.53. The van der Waals surface area contributed by atoms with Crippen LogP contribution in [0.3, 0.4) is 0 Å². The molecule has 0 radical (unpaired) electrons. The molecule has 1 heterocycles. The summed E-state index contributed by atoms with van der Waals surface area (Å²) >= 11 is 0. The van der Waals surface area contributed by atoms with Crippen molar-refractivity contribution in [3.05, 3.63) is 41.7 Å². The minimum Gasteiger partial charge on any atom is -0.480 e. The van der Waals surface area contributed by atoms with Crippen molar-refractivity contribution in [2.45, 2.75) is 19.1 Å². The Balaban J connectivity index is 2.28. The van der Waals surface area contributed by atoms with Crippen LogP contribution in [0.25, 0.3) is 5.69 Å². The van der Waals surface area contributed by atoms with Crippen LogP contribution >= 0.6 is 0 Å². The fraction of sp³-hybridized carbons (Fsp3) is 0.286. The van der Waals surface area contributed by atoms with Gasteiger partial charge in [-0.1, -0.05) is 11.3 Å². The summed E-state index contributed by atoms with van der Waals surface area (Å²) in [6, 6.07) is 3.28. The Morgan fingerprint density at radius 3 is 2.58 bits per heavy atom. The summed E-state index contributed by atoms with van der Waals surface area (Å²) in [5.41, 5.74) is -0.965. The Labute approximate surface area is 134 Å². The number of carboxylic acids is 1. The maximum absolute atomic E-state index is 12.7. The lowest BCUT2D eigenvalue weighted by molar-refractivity contribution is -0.141. The van der Waals surface area contributed by atoms with Crippen molar-refractivity contribution in [3.63, 3.8) is 0 Å². The number of benzene rings is 1. The van der Waals surface area contributed by atoms with Crippen molar-refractivity contribution in [2.75, 3.05) is 7.05 Å². The molecule has 1 aromatic carbocycles. The standard InChI is InChI=1S/C14H13F3N4O3/c1-8(13(23)24)20(2)12(22)11-7-21(19-18-11)10-5-3-4-9(6-10)14(15,16)17/h3-8H,1-2H3,(H,23,24). The Morgan fingerprint density at radius 1 is 1.33 bits per heavy atom. The van der Waals surface area contributed by atoms with Gasteiger partial charge in [0.2, 0.25) is 0 Å². The first-order chi connectivity index (χ1) is 11.1. The monoisotopic (exact) mass is 342 g/mol. The molecule has 1 N–H and O–H groups in total. The van der Waals surface area contributed by atoms with Crippen LogP contribution < -0.4 is 0 Å². The summed E-state index contributed by atoms with van der Waals surface area (Å²) in [6.07, 6.45) is -3.37. The van der Waals surface area contributed by atoms with E-state index in [0.717, 1.165) is 27.9 Å². The topological polar surface area (TPSA) is 88.3 Å².